The van der Waals surface area contributed by atoms with E-state index >= 15 is 0 Å². The third-order valence-electron chi connectivity index (χ3n) is 4.36. The van der Waals surface area contributed by atoms with Crippen LogP contribution in [-0.2, 0) is 34.2 Å². The van der Waals surface area contributed by atoms with E-state index in [1.807, 2.05) is 31.2 Å². The van der Waals surface area contributed by atoms with Crippen LogP contribution >= 0.6 is 11.3 Å². The summed E-state index contributed by atoms with van der Waals surface area (Å²) in [5.74, 6) is -0.0161. The third-order valence-corrected chi connectivity index (χ3v) is 7.55. The van der Waals surface area contributed by atoms with E-state index in [2.05, 4.69) is 10.8 Å². The predicted octanol–water partition coefficient (Wildman–Crippen LogP) is 2.56. The summed E-state index contributed by atoms with van der Waals surface area (Å²) in [6.07, 6.45) is 1.84. The van der Waals surface area contributed by atoms with Crippen LogP contribution in [-0.4, -0.2) is 32.3 Å². The second kappa shape index (κ2) is 7.68. The molecule has 5 nitrogen and oxygen atoms in total. The number of benzene rings is 1. The SMILES string of the molecule is CCc1ccc(S(=O)(=O)NCCC(=O)N2CCc3ccccc3C2)s1. The van der Waals surface area contributed by atoms with Crippen molar-refractivity contribution in [1.82, 2.24) is 9.62 Å². The minimum Gasteiger partial charge on any atom is -0.338 e. The van der Waals surface area contributed by atoms with Gasteiger partial charge in [-0.05, 0) is 36.1 Å². The standard InChI is InChI=1S/C18H22N2O3S2/c1-2-16-7-8-18(24-16)25(22,23)19-11-9-17(21)20-12-10-14-5-3-4-6-15(14)13-20/h3-8,19H,2,9-13H2,1H3. The van der Waals surface area contributed by atoms with Gasteiger partial charge in [0.25, 0.3) is 0 Å². The molecule has 0 unspecified atom stereocenters. The summed E-state index contributed by atoms with van der Waals surface area (Å²) in [5, 5.41) is 0. The highest BCUT2D eigenvalue weighted by molar-refractivity contribution is 7.91. The van der Waals surface area contributed by atoms with Crippen LogP contribution in [0.2, 0.25) is 0 Å². The quantitative estimate of drug-likeness (QED) is 0.840. The summed E-state index contributed by atoms with van der Waals surface area (Å²) in [6.45, 7) is 3.41. The van der Waals surface area contributed by atoms with Gasteiger partial charge in [0.2, 0.25) is 15.9 Å². The lowest BCUT2D eigenvalue weighted by atomic mass is 10.00. The molecule has 0 atom stereocenters. The van der Waals surface area contributed by atoms with Crippen LogP contribution in [0.3, 0.4) is 0 Å². The fraction of sp³-hybridized carbons (Fsp3) is 0.389. The number of fused-ring (bicyclic) bond motifs is 1. The molecule has 0 aliphatic carbocycles. The molecule has 7 heteroatoms. The van der Waals surface area contributed by atoms with E-state index in [4.69, 9.17) is 0 Å². The molecule has 3 rings (SSSR count). The molecule has 25 heavy (non-hydrogen) atoms. The molecule has 0 spiro atoms. The molecule has 2 aromatic rings. The molecule has 1 aliphatic rings. The maximum absolute atomic E-state index is 12.4. The second-order valence-corrected chi connectivity index (χ2v) is 9.22. The first-order chi connectivity index (χ1) is 12.0. The molecular formula is C18H22N2O3S2. The van der Waals surface area contributed by atoms with Gasteiger partial charge in [0.05, 0.1) is 0 Å². The Morgan fingerprint density at radius 2 is 1.96 bits per heavy atom. The summed E-state index contributed by atoms with van der Waals surface area (Å²) in [5.41, 5.74) is 2.46. The molecule has 0 fully saturated rings. The number of amides is 1. The highest BCUT2D eigenvalue weighted by atomic mass is 32.2. The van der Waals surface area contributed by atoms with Crippen molar-refractivity contribution in [3.8, 4) is 0 Å². The van der Waals surface area contributed by atoms with Crippen molar-refractivity contribution in [2.45, 2.75) is 36.9 Å². The second-order valence-electron chi connectivity index (χ2n) is 6.06. The highest BCUT2D eigenvalue weighted by Crippen LogP contribution is 2.22. The van der Waals surface area contributed by atoms with E-state index in [0.29, 0.717) is 17.3 Å². The summed E-state index contributed by atoms with van der Waals surface area (Å²) < 4.78 is 27.4. The van der Waals surface area contributed by atoms with Crippen LogP contribution < -0.4 is 4.72 Å². The zero-order chi connectivity index (χ0) is 17.9. The van der Waals surface area contributed by atoms with Gasteiger partial charge in [0.1, 0.15) is 4.21 Å². The first kappa shape index (κ1) is 18.1. The Morgan fingerprint density at radius 3 is 2.68 bits per heavy atom. The minimum atomic E-state index is -3.53. The van der Waals surface area contributed by atoms with Gasteiger partial charge in [-0.15, -0.1) is 11.3 Å². The van der Waals surface area contributed by atoms with Crippen LogP contribution in [0, 0.1) is 0 Å². The Morgan fingerprint density at radius 1 is 1.20 bits per heavy atom. The van der Waals surface area contributed by atoms with Crippen LogP contribution in [0.4, 0.5) is 0 Å². The van der Waals surface area contributed by atoms with E-state index in [-0.39, 0.29) is 18.9 Å². The number of hydrogen-bond acceptors (Lipinski definition) is 4. The van der Waals surface area contributed by atoms with Gasteiger partial charge in [-0.25, -0.2) is 13.1 Å². The monoisotopic (exact) mass is 378 g/mol. The number of carbonyl (C=O) groups excluding carboxylic acids is 1. The van der Waals surface area contributed by atoms with Crippen molar-refractivity contribution in [3.05, 3.63) is 52.4 Å². The lowest BCUT2D eigenvalue weighted by Gasteiger charge is -2.29. The van der Waals surface area contributed by atoms with Crippen LogP contribution in [0.15, 0.2) is 40.6 Å². The van der Waals surface area contributed by atoms with Crippen molar-refractivity contribution >= 4 is 27.3 Å². The smallest absolute Gasteiger partial charge is 0.250 e. The van der Waals surface area contributed by atoms with Crippen molar-refractivity contribution in [2.24, 2.45) is 0 Å². The number of carbonyl (C=O) groups is 1. The van der Waals surface area contributed by atoms with Crippen molar-refractivity contribution in [3.63, 3.8) is 0 Å². The molecule has 0 radical (unpaired) electrons. The van der Waals surface area contributed by atoms with E-state index in [1.54, 1.807) is 11.0 Å². The molecule has 0 bridgehead atoms. The molecule has 1 aromatic carbocycles. The van der Waals surface area contributed by atoms with E-state index in [0.717, 1.165) is 17.7 Å². The minimum absolute atomic E-state index is 0.0161. The Hall–Kier alpha value is -1.70. The first-order valence-corrected chi connectivity index (χ1v) is 10.7. The van der Waals surface area contributed by atoms with Crippen LogP contribution in [0.1, 0.15) is 29.3 Å². The van der Waals surface area contributed by atoms with Gasteiger partial charge >= 0.3 is 0 Å². The van der Waals surface area contributed by atoms with Gasteiger partial charge in [-0.3, -0.25) is 4.79 Å². The average Bonchev–Trinajstić information content (AvgIpc) is 3.11. The number of sulfonamides is 1. The summed E-state index contributed by atoms with van der Waals surface area (Å²) in [7, 11) is -3.53. The average molecular weight is 379 g/mol. The topological polar surface area (TPSA) is 66.5 Å². The summed E-state index contributed by atoms with van der Waals surface area (Å²) >= 11 is 1.27. The largest absolute Gasteiger partial charge is 0.338 e. The Labute approximate surface area is 152 Å². The van der Waals surface area contributed by atoms with Crippen LogP contribution in [0.5, 0.6) is 0 Å². The van der Waals surface area contributed by atoms with E-state index in [1.165, 1.54) is 22.5 Å². The van der Waals surface area contributed by atoms with Gasteiger partial charge in [0.15, 0.2) is 0 Å². The zero-order valence-electron chi connectivity index (χ0n) is 14.2. The zero-order valence-corrected chi connectivity index (χ0v) is 15.8. The number of thiophene rings is 1. The molecule has 0 saturated heterocycles. The Bertz CT molecular complexity index is 859. The molecule has 1 N–H and O–H groups in total. The predicted molar refractivity (Wildman–Crippen MR) is 99.1 cm³/mol. The van der Waals surface area contributed by atoms with E-state index in [9.17, 15) is 13.2 Å². The van der Waals surface area contributed by atoms with Gasteiger partial charge < -0.3 is 4.90 Å². The molecule has 2 heterocycles. The molecule has 1 aromatic heterocycles. The Kier molecular flexibility index (Phi) is 5.56. The summed E-state index contributed by atoms with van der Waals surface area (Å²) in [6, 6.07) is 11.6. The number of rotatable bonds is 6. The molecule has 0 saturated carbocycles. The van der Waals surface area contributed by atoms with Crippen LogP contribution in [0.25, 0.3) is 0 Å². The maximum atomic E-state index is 12.4. The lowest BCUT2D eigenvalue weighted by Crippen LogP contribution is -2.37. The van der Waals surface area contributed by atoms with Gasteiger partial charge in [-0.2, -0.15) is 0 Å². The first-order valence-electron chi connectivity index (χ1n) is 8.42. The van der Waals surface area contributed by atoms with Crippen molar-refractivity contribution < 1.29 is 13.2 Å². The summed E-state index contributed by atoms with van der Waals surface area (Å²) in [4.78, 5) is 15.2. The number of aryl methyl sites for hydroxylation is 1. The molecule has 1 aliphatic heterocycles. The lowest BCUT2D eigenvalue weighted by molar-refractivity contribution is -0.131. The highest BCUT2D eigenvalue weighted by Gasteiger charge is 2.21. The van der Waals surface area contributed by atoms with Gasteiger partial charge in [-0.1, -0.05) is 31.2 Å². The molecule has 1 amide bonds. The number of nitrogens with zero attached hydrogens (tertiary/aromatic N) is 1. The third kappa shape index (κ3) is 4.29. The van der Waals surface area contributed by atoms with Crippen molar-refractivity contribution in [2.75, 3.05) is 13.1 Å². The normalized spacial score (nSPS) is 14.4. The number of nitrogens with one attached hydrogen (secondary N) is 1. The number of hydrogen-bond donors (Lipinski definition) is 1. The maximum Gasteiger partial charge on any atom is 0.250 e. The van der Waals surface area contributed by atoms with Gasteiger partial charge in [0, 0.05) is 30.9 Å². The molecule has 134 valence electrons. The fourth-order valence-corrected chi connectivity index (χ4v) is 5.29. The Balaban J connectivity index is 1.53. The molecular weight excluding hydrogens is 356 g/mol. The van der Waals surface area contributed by atoms with E-state index < -0.39 is 10.0 Å². The van der Waals surface area contributed by atoms with Crippen molar-refractivity contribution in [1.29, 1.82) is 0 Å². The fourth-order valence-electron chi connectivity index (χ4n) is 2.92.